The van der Waals surface area contributed by atoms with Crippen molar-refractivity contribution in [3.63, 3.8) is 0 Å². The molecule has 26 heavy (non-hydrogen) atoms. The Morgan fingerprint density at radius 3 is 2.27 bits per heavy atom. The predicted octanol–water partition coefficient (Wildman–Crippen LogP) is 6.20. The number of benzene rings is 2. The molecule has 1 aliphatic rings. The van der Waals surface area contributed by atoms with Crippen LogP contribution in [0.4, 0.5) is 5.69 Å². The predicted molar refractivity (Wildman–Crippen MR) is 114 cm³/mol. The topological polar surface area (TPSA) is 24.8 Å². The summed E-state index contributed by atoms with van der Waals surface area (Å²) in [6, 6.07) is 16.1. The van der Waals surface area contributed by atoms with Crippen LogP contribution >= 0.6 is 30.4 Å². The van der Waals surface area contributed by atoms with Gasteiger partial charge in [-0.05, 0) is 18.2 Å². The number of ether oxygens (including phenoxy) is 1. The summed E-state index contributed by atoms with van der Waals surface area (Å²) in [5.74, 6) is 0. The van der Waals surface area contributed by atoms with Crippen molar-refractivity contribution in [2.45, 2.75) is 25.9 Å². The lowest BCUT2D eigenvalue weighted by molar-refractivity contribution is 0.0738. The van der Waals surface area contributed by atoms with Crippen molar-refractivity contribution in [1.29, 1.82) is 0 Å². The fraction of sp³-hybridized carbons (Fsp3) is 0.400. The van der Waals surface area contributed by atoms with Crippen LogP contribution in [0.15, 0.2) is 53.3 Å². The molecule has 0 amide bonds. The molecule has 0 aliphatic carbocycles. The van der Waals surface area contributed by atoms with Crippen molar-refractivity contribution in [3.8, 4) is 0 Å². The molecule has 0 aromatic heterocycles. The SMILES string of the molecule is CC(C)(C)[P@](=Nc1cc(Cl)ccc1Cl)(c1ccccc1)N1CCOCC1. The van der Waals surface area contributed by atoms with Crippen LogP contribution in [-0.4, -0.2) is 36.1 Å². The lowest BCUT2D eigenvalue weighted by Gasteiger charge is -2.47. The molecule has 0 spiro atoms. The fourth-order valence-corrected chi connectivity index (χ4v) is 8.13. The zero-order valence-corrected chi connectivity index (χ0v) is 17.9. The summed E-state index contributed by atoms with van der Waals surface area (Å²) in [5.41, 5.74) is 0.762. The quantitative estimate of drug-likeness (QED) is 0.562. The van der Waals surface area contributed by atoms with Crippen LogP contribution in [-0.2, 0) is 4.74 Å². The molecule has 0 saturated carbocycles. The van der Waals surface area contributed by atoms with Gasteiger partial charge in [0.15, 0.2) is 0 Å². The number of hydrogen-bond donors (Lipinski definition) is 0. The Hall–Kier alpha value is -0.830. The summed E-state index contributed by atoms with van der Waals surface area (Å²) in [5, 5.41) is 2.46. The van der Waals surface area contributed by atoms with Gasteiger partial charge in [-0.2, -0.15) is 0 Å². The van der Waals surface area contributed by atoms with Gasteiger partial charge in [0.2, 0.25) is 0 Å². The number of hydrogen-bond acceptors (Lipinski definition) is 2. The molecule has 1 aliphatic heterocycles. The van der Waals surface area contributed by atoms with E-state index in [1.54, 1.807) is 6.07 Å². The first-order valence-corrected chi connectivity index (χ1v) is 11.3. The van der Waals surface area contributed by atoms with Crippen molar-refractivity contribution in [3.05, 3.63) is 58.6 Å². The van der Waals surface area contributed by atoms with Crippen LogP contribution in [0.5, 0.6) is 0 Å². The van der Waals surface area contributed by atoms with E-state index in [0.717, 1.165) is 32.0 Å². The summed E-state index contributed by atoms with van der Waals surface area (Å²) in [6.07, 6.45) is 0. The van der Waals surface area contributed by atoms with Crippen molar-refractivity contribution >= 4 is 41.4 Å². The van der Waals surface area contributed by atoms with Gasteiger partial charge in [0.05, 0.1) is 31.1 Å². The summed E-state index contributed by atoms with van der Waals surface area (Å²) >= 11 is 12.8. The monoisotopic (exact) mass is 410 g/mol. The first-order valence-electron chi connectivity index (χ1n) is 8.81. The fourth-order valence-electron chi connectivity index (χ4n) is 3.44. The third-order valence-electron chi connectivity index (χ3n) is 4.61. The van der Waals surface area contributed by atoms with Crippen LogP contribution in [0.25, 0.3) is 0 Å². The molecule has 3 nitrogen and oxygen atoms in total. The maximum absolute atomic E-state index is 6.50. The second-order valence-corrected chi connectivity index (χ2v) is 12.0. The van der Waals surface area contributed by atoms with E-state index in [0.29, 0.717) is 10.0 Å². The third-order valence-corrected chi connectivity index (χ3v) is 9.78. The molecule has 6 heteroatoms. The van der Waals surface area contributed by atoms with Crippen LogP contribution in [0, 0.1) is 0 Å². The minimum atomic E-state index is -2.14. The molecule has 2 aromatic carbocycles. The van der Waals surface area contributed by atoms with Gasteiger partial charge in [0.1, 0.15) is 0 Å². The van der Waals surface area contributed by atoms with Gasteiger partial charge in [-0.1, -0.05) is 74.3 Å². The second-order valence-electron chi connectivity index (χ2n) is 7.37. The van der Waals surface area contributed by atoms with E-state index in [4.69, 9.17) is 32.7 Å². The highest BCUT2D eigenvalue weighted by atomic mass is 35.5. The highest BCUT2D eigenvalue weighted by Gasteiger charge is 2.41. The smallest absolute Gasteiger partial charge is 0.0834 e. The molecule has 0 bridgehead atoms. The number of halogens is 2. The Balaban J connectivity index is 2.33. The Morgan fingerprint density at radius 1 is 1.00 bits per heavy atom. The summed E-state index contributed by atoms with van der Waals surface area (Å²) in [7, 11) is -2.14. The Kier molecular flexibility index (Phi) is 6.16. The first kappa shape index (κ1) is 19.9. The molecule has 2 aromatic rings. The van der Waals surface area contributed by atoms with Crippen LogP contribution < -0.4 is 5.30 Å². The van der Waals surface area contributed by atoms with E-state index in [1.807, 2.05) is 18.2 Å². The van der Waals surface area contributed by atoms with E-state index in [2.05, 4.69) is 49.7 Å². The maximum Gasteiger partial charge on any atom is 0.0834 e. The van der Waals surface area contributed by atoms with Gasteiger partial charge in [0, 0.05) is 28.6 Å². The third kappa shape index (κ3) is 3.88. The average Bonchev–Trinajstić information content (AvgIpc) is 2.63. The van der Waals surface area contributed by atoms with E-state index in [1.165, 1.54) is 5.30 Å². The molecule has 0 unspecified atom stereocenters. The van der Waals surface area contributed by atoms with Crippen LogP contribution in [0.3, 0.4) is 0 Å². The van der Waals surface area contributed by atoms with Crippen LogP contribution in [0.2, 0.25) is 10.0 Å². The molecule has 1 heterocycles. The minimum absolute atomic E-state index is 0.0721. The lowest BCUT2D eigenvalue weighted by Crippen LogP contribution is -2.42. The first-order chi connectivity index (χ1) is 12.3. The highest BCUT2D eigenvalue weighted by molar-refractivity contribution is 7.73. The average molecular weight is 411 g/mol. The van der Waals surface area contributed by atoms with Gasteiger partial charge in [-0.3, -0.25) is 4.67 Å². The van der Waals surface area contributed by atoms with Gasteiger partial charge in [-0.15, -0.1) is 0 Å². The van der Waals surface area contributed by atoms with Gasteiger partial charge < -0.3 is 4.74 Å². The van der Waals surface area contributed by atoms with E-state index in [-0.39, 0.29) is 5.16 Å². The molecule has 3 rings (SSSR count). The van der Waals surface area contributed by atoms with Crippen molar-refractivity contribution in [1.82, 2.24) is 4.67 Å². The molecule has 1 saturated heterocycles. The molecule has 140 valence electrons. The van der Waals surface area contributed by atoms with E-state index < -0.39 is 7.21 Å². The zero-order chi connectivity index (χ0) is 18.8. The number of rotatable bonds is 3. The largest absolute Gasteiger partial charge is 0.379 e. The lowest BCUT2D eigenvalue weighted by atomic mass is 10.3. The van der Waals surface area contributed by atoms with Crippen LogP contribution in [0.1, 0.15) is 20.8 Å². The Labute approximate surface area is 166 Å². The van der Waals surface area contributed by atoms with Gasteiger partial charge in [0.25, 0.3) is 0 Å². The Morgan fingerprint density at radius 2 is 1.65 bits per heavy atom. The zero-order valence-electron chi connectivity index (χ0n) is 15.5. The van der Waals surface area contributed by atoms with Gasteiger partial charge >= 0.3 is 0 Å². The molecule has 0 radical (unpaired) electrons. The second kappa shape index (κ2) is 8.04. The summed E-state index contributed by atoms with van der Waals surface area (Å²) < 4.78 is 13.5. The number of morpholine rings is 1. The molecular formula is C20H25Cl2N2OP. The standard InChI is InChI=1S/C20H25Cl2N2OP/c1-20(2,3)26(17-7-5-4-6-8-17,24-11-13-25-14-12-24)23-19-15-16(21)9-10-18(19)22/h4-10,15H,11-14H2,1-3H3/t26-/m0/s1. The maximum atomic E-state index is 6.50. The summed E-state index contributed by atoms with van der Waals surface area (Å²) in [4.78, 5) is 0. The molecule has 1 atom stereocenters. The van der Waals surface area contributed by atoms with E-state index >= 15 is 0 Å². The highest BCUT2D eigenvalue weighted by Crippen LogP contribution is 2.64. The normalized spacial score (nSPS) is 18.3. The molecular weight excluding hydrogens is 386 g/mol. The van der Waals surface area contributed by atoms with Crippen molar-refractivity contribution < 1.29 is 4.74 Å². The van der Waals surface area contributed by atoms with Crippen molar-refractivity contribution in [2.24, 2.45) is 4.74 Å². The molecule has 0 N–H and O–H groups in total. The summed E-state index contributed by atoms with van der Waals surface area (Å²) in [6.45, 7) is 9.98. The van der Waals surface area contributed by atoms with E-state index in [9.17, 15) is 0 Å². The molecule has 1 fully saturated rings. The number of nitrogens with zero attached hydrogens (tertiary/aromatic N) is 2. The Bertz CT molecular complexity index is 812. The van der Waals surface area contributed by atoms with Gasteiger partial charge in [-0.25, -0.2) is 4.74 Å². The van der Waals surface area contributed by atoms with Crippen molar-refractivity contribution in [2.75, 3.05) is 26.3 Å². The minimum Gasteiger partial charge on any atom is -0.379 e.